The fraction of sp³-hybridized carbons (Fsp3) is 0.222. The zero-order valence-electron chi connectivity index (χ0n) is 12.3. The zero-order valence-corrected chi connectivity index (χ0v) is 12.3. The second-order valence-corrected chi connectivity index (χ2v) is 4.97. The van der Waals surface area contributed by atoms with Gasteiger partial charge in [0, 0.05) is 5.56 Å². The molecule has 0 aliphatic heterocycles. The van der Waals surface area contributed by atoms with E-state index < -0.39 is 0 Å². The maximum atomic E-state index is 5.88. The molecule has 0 spiro atoms. The minimum Gasteiger partial charge on any atom is -0.497 e. The summed E-state index contributed by atoms with van der Waals surface area (Å²) < 4.78 is 11.1. The van der Waals surface area contributed by atoms with Crippen LogP contribution in [-0.2, 0) is 6.54 Å². The number of hydrogen-bond donors (Lipinski definition) is 1. The Labute approximate surface area is 124 Å². The number of hydrogen-bond acceptors (Lipinski definition) is 3. The number of rotatable bonds is 5. The van der Waals surface area contributed by atoms with E-state index in [1.807, 2.05) is 24.3 Å². The second kappa shape index (κ2) is 6.02. The molecular formula is C18H19NO2. The van der Waals surface area contributed by atoms with Crippen molar-refractivity contribution in [2.24, 2.45) is 0 Å². The van der Waals surface area contributed by atoms with E-state index in [-0.39, 0.29) is 0 Å². The molecule has 3 rings (SSSR count). The van der Waals surface area contributed by atoms with Gasteiger partial charge in [-0.3, -0.25) is 0 Å². The molecule has 1 N–H and O–H groups in total. The first-order chi connectivity index (χ1) is 10.3. The zero-order chi connectivity index (χ0) is 14.7. The average Bonchev–Trinajstić information content (AvgIpc) is 3.00. The molecule has 3 nitrogen and oxygen atoms in total. The highest BCUT2D eigenvalue weighted by Gasteiger charge is 2.06. The third-order valence-corrected chi connectivity index (χ3v) is 3.54. The van der Waals surface area contributed by atoms with E-state index in [1.165, 1.54) is 5.39 Å². The van der Waals surface area contributed by atoms with Gasteiger partial charge in [-0.2, -0.15) is 0 Å². The monoisotopic (exact) mass is 281 g/mol. The molecule has 0 saturated carbocycles. The SMILES string of the molecule is CCNCc1ccc(-c2ccc3cc(OC)ccc3c2)o1. The molecule has 0 aliphatic carbocycles. The minimum atomic E-state index is 0.765. The summed E-state index contributed by atoms with van der Waals surface area (Å²) in [6, 6.07) is 16.5. The number of ether oxygens (including phenoxy) is 1. The fourth-order valence-electron chi connectivity index (χ4n) is 2.38. The van der Waals surface area contributed by atoms with Gasteiger partial charge in [-0.05, 0) is 47.6 Å². The summed E-state index contributed by atoms with van der Waals surface area (Å²) in [5.41, 5.74) is 1.09. The molecule has 0 aliphatic rings. The fourth-order valence-corrected chi connectivity index (χ4v) is 2.38. The maximum absolute atomic E-state index is 5.88. The molecule has 0 amide bonds. The molecule has 1 heterocycles. The largest absolute Gasteiger partial charge is 0.497 e. The van der Waals surface area contributed by atoms with Gasteiger partial charge in [-0.1, -0.05) is 25.1 Å². The van der Waals surface area contributed by atoms with Gasteiger partial charge >= 0.3 is 0 Å². The van der Waals surface area contributed by atoms with Crippen molar-refractivity contribution in [3.05, 3.63) is 54.3 Å². The van der Waals surface area contributed by atoms with Crippen LogP contribution in [0.2, 0.25) is 0 Å². The molecule has 0 bridgehead atoms. The van der Waals surface area contributed by atoms with Gasteiger partial charge in [0.2, 0.25) is 0 Å². The molecule has 3 aromatic rings. The lowest BCUT2D eigenvalue weighted by atomic mass is 10.1. The Kier molecular flexibility index (Phi) is 3.93. The summed E-state index contributed by atoms with van der Waals surface area (Å²) in [5, 5.41) is 5.61. The highest BCUT2D eigenvalue weighted by Crippen LogP contribution is 2.28. The van der Waals surface area contributed by atoms with Gasteiger partial charge in [-0.25, -0.2) is 0 Å². The number of nitrogens with one attached hydrogen (secondary N) is 1. The molecule has 3 heteroatoms. The smallest absolute Gasteiger partial charge is 0.134 e. The van der Waals surface area contributed by atoms with Gasteiger partial charge in [0.15, 0.2) is 0 Å². The van der Waals surface area contributed by atoms with Crippen molar-refractivity contribution in [2.45, 2.75) is 13.5 Å². The Bertz CT molecular complexity index is 746. The van der Waals surface area contributed by atoms with Crippen LogP contribution in [0.4, 0.5) is 0 Å². The molecule has 0 unspecified atom stereocenters. The summed E-state index contributed by atoms with van der Waals surface area (Å²) in [4.78, 5) is 0. The molecule has 0 radical (unpaired) electrons. The Balaban J connectivity index is 1.91. The van der Waals surface area contributed by atoms with Gasteiger partial charge in [0.25, 0.3) is 0 Å². The molecule has 1 aromatic heterocycles. The highest BCUT2D eigenvalue weighted by molar-refractivity contribution is 5.87. The molecular weight excluding hydrogens is 262 g/mol. The van der Waals surface area contributed by atoms with Crippen molar-refractivity contribution in [1.82, 2.24) is 5.32 Å². The molecule has 2 aromatic carbocycles. The third kappa shape index (κ3) is 2.93. The molecule has 108 valence electrons. The topological polar surface area (TPSA) is 34.4 Å². The van der Waals surface area contributed by atoms with Crippen LogP contribution >= 0.6 is 0 Å². The molecule has 0 fully saturated rings. The summed E-state index contributed by atoms with van der Waals surface area (Å²) in [5.74, 6) is 2.74. The van der Waals surface area contributed by atoms with Crippen molar-refractivity contribution in [2.75, 3.05) is 13.7 Å². The standard InChI is InChI=1S/C18H19NO2/c1-3-19-12-17-8-9-18(21-17)15-5-4-14-11-16(20-2)7-6-13(14)10-15/h4-11,19H,3,12H2,1-2H3. The Morgan fingerprint density at radius 1 is 1.00 bits per heavy atom. The first-order valence-electron chi connectivity index (χ1n) is 7.18. The summed E-state index contributed by atoms with van der Waals surface area (Å²) in [7, 11) is 1.68. The van der Waals surface area contributed by atoms with Crippen LogP contribution in [0.5, 0.6) is 5.75 Å². The van der Waals surface area contributed by atoms with Crippen molar-refractivity contribution in [1.29, 1.82) is 0 Å². The van der Waals surface area contributed by atoms with E-state index >= 15 is 0 Å². The van der Waals surface area contributed by atoms with Gasteiger partial charge in [0.1, 0.15) is 17.3 Å². The van der Waals surface area contributed by atoms with Gasteiger partial charge < -0.3 is 14.5 Å². The van der Waals surface area contributed by atoms with Crippen molar-refractivity contribution >= 4 is 10.8 Å². The molecule has 21 heavy (non-hydrogen) atoms. The highest BCUT2D eigenvalue weighted by atomic mass is 16.5. The number of fused-ring (bicyclic) bond motifs is 1. The maximum Gasteiger partial charge on any atom is 0.134 e. The Hall–Kier alpha value is -2.26. The normalized spacial score (nSPS) is 11.0. The van der Waals surface area contributed by atoms with Crippen molar-refractivity contribution in [3.8, 4) is 17.1 Å². The number of furan rings is 1. The number of methoxy groups -OCH3 is 1. The average molecular weight is 281 g/mol. The van der Waals surface area contributed by atoms with Crippen LogP contribution < -0.4 is 10.1 Å². The second-order valence-electron chi connectivity index (χ2n) is 4.97. The summed E-state index contributed by atoms with van der Waals surface area (Å²) in [6.07, 6.45) is 0. The summed E-state index contributed by atoms with van der Waals surface area (Å²) >= 11 is 0. The molecule has 0 atom stereocenters. The first kappa shape index (κ1) is 13.7. The lowest BCUT2D eigenvalue weighted by Crippen LogP contribution is -2.10. The molecule has 0 saturated heterocycles. The van der Waals surface area contributed by atoms with E-state index in [2.05, 4.69) is 36.5 Å². The predicted molar refractivity (Wildman–Crippen MR) is 85.6 cm³/mol. The van der Waals surface area contributed by atoms with Crippen LogP contribution in [0.15, 0.2) is 52.9 Å². The Morgan fingerprint density at radius 3 is 2.62 bits per heavy atom. The van der Waals surface area contributed by atoms with E-state index in [9.17, 15) is 0 Å². The Morgan fingerprint density at radius 2 is 1.81 bits per heavy atom. The lowest BCUT2D eigenvalue weighted by Gasteiger charge is -2.04. The van der Waals surface area contributed by atoms with E-state index in [1.54, 1.807) is 7.11 Å². The van der Waals surface area contributed by atoms with E-state index in [4.69, 9.17) is 9.15 Å². The van der Waals surface area contributed by atoms with Crippen LogP contribution in [0.1, 0.15) is 12.7 Å². The van der Waals surface area contributed by atoms with Gasteiger partial charge in [-0.15, -0.1) is 0 Å². The first-order valence-corrected chi connectivity index (χ1v) is 7.18. The number of benzene rings is 2. The summed E-state index contributed by atoms with van der Waals surface area (Å²) in [6.45, 7) is 3.79. The van der Waals surface area contributed by atoms with Crippen molar-refractivity contribution < 1.29 is 9.15 Å². The van der Waals surface area contributed by atoms with Crippen molar-refractivity contribution in [3.63, 3.8) is 0 Å². The minimum absolute atomic E-state index is 0.765. The third-order valence-electron chi connectivity index (χ3n) is 3.54. The van der Waals surface area contributed by atoms with Crippen LogP contribution in [0.25, 0.3) is 22.1 Å². The van der Waals surface area contributed by atoms with Crippen LogP contribution in [-0.4, -0.2) is 13.7 Å². The van der Waals surface area contributed by atoms with Gasteiger partial charge in [0.05, 0.1) is 13.7 Å². The van der Waals surface area contributed by atoms with Crippen LogP contribution in [0, 0.1) is 0 Å². The predicted octanol–water partition coefficient (Wildman–Crippen LogP) is 4.22. The quantitative estimate of drug-likeness (QED) is 0.760. The van der Waals surface area contributed by atoms with E-state index in [0.717, 1.165) is 41.3 Å². The van der Waals surface area contributed by atoms with E-state index in [0.29, 0.717) is 0 Å². The lowest BCUT2D eigenvalue weighted by molar-refractivity contribution is 0.415. The van der Waals surface area contributed by atoms with Crippen LogP contribution in [0.3, 0.4) is 0 Å².